The molecule has 2 N–H and O–H groups in total. The summed E-state index contributed by atoms with van der Waals surface area (Å²) in [6, 6.07) is 1.03. The van der Waals surface area contributed by atoms with Gasteiger partial charge in [0.25, 0.3) is 0 Å². The van der Waals surface area contributed by atoms with E-state index in [0.29, 0.717) is 12.1 Å². The molecule has 2 atom stereocenters. The van der Waals surface area contributed by atoms with Crippen LogP contribution in [0.1, 0.15) is 72.6 Å². The molecule has 1 heterocycles. The summed E-state index contributed by atoms with van der Waals surface area (Å²) in [6.07, 6.45) is 6.84. The van der Waals surface area contributed by atoms with Crippen LogP contribution in [-0.2, 0) is 4.74 Å². The second-order valence-electron chi connectivity index (χ2n) is 8.30. The van der Waals surface area contributed by atoms with Gasteiger partial charge in [0.15, 0.2) is 0 Å². The van der Waals surface area contributed by atoms with E-state index in [2.05, 4.69) is 12.2 Å². The number of hydrogen-bond donors (Lipinski definition) is 2. The van der Waals surface area contributed by atoms with Crippen molar-refractivity contribution in [2.24, 2.45) is 0 Å². The summed E-state index contributed by atoms with van der Waals surface area (Å²) in [5, 5.41) is 13.0. The van der Waals surface area contributed by atoms with Crippen molar-refractivity contribution in [2.45, 2.75) is 102 Å². The van der Waals surface area contributed by atoms with E-state index in [4.69, 9.17) is 4.74 Å². The van der Waals surface area contributed by atoms with Gasteiger partial charge in [-0.05, 0) is 59.8 Å². The predicted molar refractivity (Wildman–Crippen MR) is 91.4 cm³/mol. The summed E-state index contributed by atoms with van der Waals surface area (Å²) in [4.78, 5) is 14.5. The SMILES string of the molecule is CC(CC1CCCCCN1C(=O)OC(C)(C)C)NC1CC(O)C1. The van der Waals surface area contributed by atoms with Crippen molar-refractivity contribution in [1.29, 1.82) is 0 Å². The predicted octanol–water partition coefficient (Wildman–Crippen LogP) is 3.06. The molecule has 2 unspecified atom stereocenters. The lowest BCUT2D eigenvalue weighted by molar-refractivity contribution is 0.0141. The maximum absolute atomic E-state index is 12.5. The third-order valence-electron chi connectivity index (χ3n) is 4.76. The molecule has 0 aromatic carbocycles. The summed E-state index contributed by atoms with van der Waals surface area (Å²) < 4.78 is 5.61. The standard InChI is InChI=1S/C18H34N2O3/c1-13(19-14-11-16(21)12-14)10-15-8-6-5-7-9-20(15)17(22)23-18(2,3)4/h13-16,19,21H,5-12H2,1-4H3. The fraction of sp³-hybridized carbons (Fsp3) is 0.944. The Morgan fingerprint density at radius 3 is 2.61 bits per heavy atom. The maximum atomic E-state index is 12.5. The zero-order valence-corrected chi connectivity index (χ0v) is 15.2. The van der Waals surface area contributed by atoms with Gasteiger partial charge in [0.1, 0.15) is 5.60 Å². The number of nitrogens with one attached hydrogen (secondary N) is 1. The first-order chi connectivity index (χ1) is 10.7. The maximum Gasteiger partial charge on any atom is 0.410 e. The van der Waals surface area contributed by atoms with E-state index >= 15 is 0 Å². The van der Waals surface area contributed by atoms with Crippen molar-refractivity contribution in [3.05, 3.63) is 0 Å². The van der Waals surface area contributed by atoms with Crippen LogP contribution in [0.5, 0.6) is 0 Å². The number of hydrogen-bond acceptors (Lipinski definition) is 4. The van der Waals surface area contributed by atoms with E-state index < -0.39 is 5.60 Å². The Morgan fingerprint density at radius 1 is 1.30 bits per heavy atom. The molecule has 1 aliphatic heterocycles. The highest BCUT2D eigenvalue weighted by atomic mass is 16.6. The highest BCUT2D eigenvalue weighted by molar-refractivity contribution is 5.68. The lowest BCUT2D eigenvalue weighted by Gasteiger charge is -2.37. The molecule has 0 aromatic rings. The average molecular weight is 326 g/mol. The first kappa shape index (κ1) is 18.5. The van der Waals surface area contributed by atoms with Crippen LogP contribution in [0.3, 0.4) is 0 Å². The minimum atomic E-state index is -0.445. The Balaban J connectivity index is 1.90. The van der Waals surface area contributed by atoms with Crippen LogP contribution in [0.25, 0.3) is 0 Å². The molecule has 1 saturated carbocycles. The second-order valence-corrected chi connectivity index (χ2v) is 8.30. The molecule has 0 aromatic heterocycles. The molecule has 2 rings (SSSR count). The monoisotopic (exact) mass is 326 g/mol. The molecule has 1 saturated heterocycles. The van der Waals surface area contributed by atoms with Crippen molar-refractivity contribution in [1.82, 2.24) is 10.2 Å². The molecule has 2 aliphatic rings. The summed E-state index contributed by atoms with van der Waals surface area (Å²) in [5.74, 6) is 0. The number of carbonyl (C=O) groups excluding carboxylic acids is 1. The molecule has 0 spiro atoms. The molecular weight excluding hydrogens is 292 g/mol. The summed E-state index contributed by atoms with van der Waals surface area (Å²) in [5.41, 5.74) is -0.445. The van der Waals surface area contributed by atoms with Crippen LogP contribution in [-0.4, -0.2) is 52.5 Å². The third kappa shape index (κ3) is 5.96. The fourth-order valence-electron chi connectivity index (χ4n) is 3.59. The highest BCUT2D eigenvalue weighted by Crippen LogP contribution is 2.25. The summed E-state index contributed by atoms with van der Waals surface area (Å²) in [6.45, 7) is 8.74. The zero-order valence-electron chi connectivity index (χ0n) is 15.2. The molecule has 0 bridgehead atoms. The van der Waals surface area contributed by atoms with Crippen molar-refractivity contribution < 1.29 is 14.6 Å². The van der Waals surface area contributed by atoms with Gasteiger partial charge >= 0.3 is 6.09 Å². The molecule has 5 heteroatoms. The van der Waals surface area contributed by atoms with Crippen LogP contribution in [0.4, 0.5) is 4.79 Å². The Morgan fingerprint density at radius 2 is 2.00 bits per heavy atom. The van der Waals surface area contributed by atoms with Crippen LogP contribution in [0.2, 0.25) is 0 Å². The number of ether oxygens (including phenoxy) is 1. The number of aliphatic hydroxyl groups is 1. The Bertz CT molecular complexity index is 388. The minimum Gasteiger partial charge on any atom is -0.444 e. The zero-order chi connectivity index (χ0) is 17.0. The van der Waals surface area contributed by atoms with E-state index in [0.717, 1.165) is 38.6 Å². The Hall–Kier alpha value is -0.810. The van der Waals surface area contributed by atoms with Gasteiger partial charge in [0, 0.05) is 24.7 Å². The smallest absolute Gasteiger partial charge is 0.410 e. The summed E-state index contributed by atoms with van der Waals surface area (Å²) in [7, 11) is 0. The molecular formula is C18H34N2O3. The first-order valence-electron chi connectivity index (χ1n) is 9.18. The molecule has 0 radical (unpaired) electrons. The van der Waals surface area contributed by atoms with E-state index in [1.54, 1.807) is 0 Å². The van der Waals surface area contributed by atoms with Gasteiger partial charge in [0.2, 0.25) is 0 Å². The topological polar surface area (TPSA) is 61.8 Å². The molecule has 1 amide bonds. The number of carbonyl (C=O) groups is 1. The average Bonchev–Trinajstić information content (AvgIpc) is 2.60. The van der Waals surface area contributed by atoms with Crippen LogP contribution >= 0.6 is 0 Å². The van der Waals surface area contributed by atoms with Gasteiger partial charge < -0.3 is 20.1 Å². The van der Waals surface area contributed by atoms with E-state index in [1.807, 2.05) is 25.7 Å². The van der Waals surface area contributed by atoms with Crippen LogP contribution in [0.15, 0.2) is 0 Å². The number of rotatable bonds is 4. The quantitative estimate of drug-likeness (QED) is 0.833. The first-order valence-corrected chi connectivity index (χ1v) is 9.18. The molecule has 2 fully saturated rings. The van der Waals surface area contributed by atoms with E-state index in [1.165, 1.54) is 12.8 Å². The highest BCUT2D eigenvalue weighted by Gasteiger charge is 2.32. The Labute approximate surface area is 140 Å². The number of amides is 1. The lowest BCUT2D eigenvalue weighted by Crippen LogP contribution is -2.50. The summed E-state index contributed by atoms with van der Waals surface area (Å²) >= 11 is 0. The van der Waals surface area contributed by atoms with Crippen LogP contribution < -0.4 is 5.32 Å². The fourth-order valence-corrected chi connectivity index (χ4v) is 3.59. The minimum absolute atomic E-state index is 0.129. The number of nitrogens with zero attached hydrogens (tertiary/aromatic N) is 1. The lowest BCUT2D eigenvalue weighted by atomic mass is 9.88. The van der Waals surface area contributed by atoms with Gasteiger partial charge in [-0.1, -0.05) is 12.8 Å². The van der Waals surface area contributed by atoms with Crippen molar-refractivity contribution >= 4 is 6.09 Å². The third-order valence-corrected chi connectivity index (χ3v) is 4.76. The number of aliphatic hydroxyl groups excluding tert-OH is 1. The van der Waals surface area contributed by atoms with Crippen molar-refractivity contribution in [3.63, 3.8) is 0 Å². The normalized spacial score (nSPS) is 30.3. The molecule has 23 heavy (non-hydrogen) atoms. The van der Waals surface area contributed by atoms with Crippen molar-refractivity contribution in [2.75, 3.05) is 6.54 Å². The van der Waals surface area contributed by atoms with Crippen molar-refractivity contribution in [3.8, 4) is 0 Å². The van der Waals surface area contributed by atoms with Gasteiger partial charge in [-0.2, -0.15) is 0 Å². The second kappa shape index (κ2) is 7.84. The van der Waals surface area contributed by atoms with Crippen LogP contribution in [0, 0.1) is 0 Å². The van der Waals surface area contributed by atoms with Gasteiger partial charge in [-0.25, -0.2) is 4.79 Å². The molecule has 1 aliphatic carbocycles. The van der Waals surface area contributed by atoms with E-state index in [9.17, 15) is 9.90 Å². The van der Waals surface area contributed by atoms with Gasteiger partial charge in [-0.15, -0.1) is 0 Å². The Kier molecular flexibility index (Phi) is 6.32. The molecule has 134 valence electrons. The molecule has 5 nitrogen and oxygen atoms in total. The van der Waals surface area contributed by atoms with E-state index in [-0.39, 0.29) is 18.2 Å². The van der Waals surface area contributed by atoms with Gasteiger partial charge in [-0.3, -0.25) is 0 Å². The largest absolute Gasteiger partial charge is 0.444 e. The van der Waals surface area contributed by atoms with Gasteiger partial charge in [0.05, 0.1) is 6.10 Å². The number of likely N-dealkylation sites (tertiary alicyclic amines) is 1.